The molecule has 5 rings (SSSR count). The van der Waals surface area contributed by atoms with Gasteiger partial charge in [-0.15, -0.1) is 0 Å². The lowest BCUT2D eigenvalue weighted by molar-refractivity contribution is -0.131. The number of aliphatic imine (C=N–C) groups is 1. The number of benzene rings is 3. The minimum absolute atomic E-state index is 0.0788. The fourth-order valence-electron chi connectivity index (χ4n) is 5.11. The van der Waals surface area contributed by atoms with Crippen molar-refractivity contribution < 1.29 is 23.9 Å². The van der Waals surface area contributed by atoms with Crippen molar-refractivity contribution in [1.82, 2.24) is 4.90 Å². The number of rotatable bonds is 7. The summed E-state index contributed by atoms with van der Waals surface area (Å²) in [6, 6.07) is 20.2. The third-order valence-corrected chi connectivity index (χ3v) is 7.21. The third-order valence-electron chi connectivity index (χ3n) is 7.21. The minimum atomic E-state index is -0.676. The van der Waals surface area contributed by atoms with Crippen LogP contribution in [0.4, 0.5) is 17.1 Å². The van der Waals surface area contributed by atoms with Gasteiger partial charge in [-0.1, -0.05) is 36.4 Å². The van der Waals surface area contributed by atoms with Gasteiger partial charge < -0.3 is 19.9 Å². The van der Waals surface area contributed by atoms with Gasteiger partial charge in [0.05, 0.1) is 24.1 Å². The number of fused-ring (bicyclic) bond motifs is 2. The fraction of sp³-hybridized carbons (Fsp3) is 0.258. The number of nitrogens with one attached hydrogen (secondary N) is 1. The molecule has 0 aliphatic carbocycles. The molecular weight excluding hydrogens is 508 g/mol. The first-order chi connectivity index (χ1) is 19.3. The maximum Gasteiger partial charge on any atom is 0.337 e. The second kappa shape index (κ2) is 11.1. The fourth-order valence-corrected chi connectivity index (χ4v) is 5.11. The number of hydrogen-bond donors (Lipinski definition) is 1. The standard InChI is InChI=1S/C31H30N4O5/c1-34(2)26(36)13-14-27(37)35-16-15-20-17-22(10-12-25(20)35)32-29(19-7-5-4-6-8-19)28-23-11-9-21(31(39)40-3)18-24(23)33-30(28)38/h4-12,17-18,28H,13-16H2,1-3H3,(H,33,38). The lowest BCUT2D eigenvalue weighted by Gasteiger charge is -2.18. The van der Waals surface area contributed by atoms with Crippen molar-refractivity contribution in [3.05, 3.63) is 89.0 Å². The van der Waals surface area contributed by atoms with Gasteiger partial charge in [-0.25, -0.2) is 4.79 Å². The average Bonchev–Trinajstić information content (AvgIpc) is 3.53. The molecule has 0 spiro atoms. The SMILES string of the molecule is COC(=O)c1ccc2c(c1)NC(=O)C2C(=Nc1ccc2c(c1)CCN2C(=O)CCC(=O)N(C)C)c1ccccc1. The van der Waals surface area contributed by atoms with E-state index in [2.05, 4.69) is 5.32 Å². The zero-order chi connectivity index (χ0) is 28.4. The van der Waals surface area contributed by atoms with Crippen molar-refractivity contribution in [2.24, 2.45) is 4.99 Å². The highest BCUT2D eigenvalue weighted by molar-refractivity contribution is 6.24. The average molecular weight is 539 g/mol. The minimum Gasteiger partial charge on any atom is -0.465 e. The molecule has 0 bridgehead atoms. The van der Waals surface area contributed by atoms with Crippen LogP contribution in [-0.2, 0) is 25.5 Å². The van der Waals surface area contributed by atoms with Gasteiger partial charge in [0.1, 0.15) is 5.92 Å². The quantitative estimate of drug-likeness (QED) is 0.360. The van der Waals surface area contributed by atoms with Crippen LogP contribution in [0.2, 0.25) is 0 Å². The van der Waals surface area contributed by atoms with E-state index in [1.165, 1.54) is 12.0 Å². The van der Waals surface area contributed by atoms with E-state index in [1.54, 1.807) is 37.2 Å². The van der Waals surface area contributed by atoms with Gasteiger partial charge in [-0.05, 0) is 53.4 Å². The normalized spacial score (nSPS) is 15.8. The summed E-state index contributed by atoms with van der Waals surface area (Å²) in [7, 11) is 4.67. The van der Waals surface area contributed by atoms with Crippen LogP contribution in [0.1, 0.15) is 45.8 Å². The van der Waals surface area contributed by atoms with Crippen molar-refractivity contribution in [2.45, 2.75) is 25.2 Å². The molecule has 0 saturated heterocycles. The molecule has 0 aromatic heterocycles. The van der Waals surface area contributed by atoms with Crippen molar-refractivity contribution in [3.8, 4) is 0 Å². The summed E-state index contributed by atoms with van der Waals surface area (Å²) in [6.45, 7) is 0.546. The summed E-state index contributed by atoms with van der Waals surface area (Å²) < 4.78 is 4.82. The lowest BCUT2D eigenvalue weighted by Crippen LogP contribution is -2.30. The molecule has 204 valence electrons. The molecule has 3 amide bonds. The Bertz CT molecular complexity index is 1530. The Morgan fingerprint density at radius 1 is 1.00 bits per heavy atom. The highest BCUT2D eigenvalue weighted by atomic mass is 16.5. The van der Waals surface area contributed by atoms with E-state index in [9.17, 15) is 19.2 Å². The highest BCUT2D eigenvalue weighted by Crippen LogP contribution is 2.38. The van der Waals surface area contributed by atoms with E-state index in [0.29, 0.717) is 35.6 Å². The lowest BCUT2D eigenvalue weighted by atomic mass is 9.90. The van der Waals surface area contributed by atoms with Gasteiger partial charge in [0.2, 0.25) is 17.7 Å². The highest BCUT2D eigenvalue weighted by Gasteiger charge is 2.36. The molecule has 3 aromatic rings. The predicted octanol–water partition coefficient (Wildman–Crippen LogP) is 4.09. The molecule has 40 heavy (non-hydrogen) atoms. The molecule has 1 N–H and O–H groups in total. The van der Waals surface area contributed by atoms with Crippen LogP contribution in [0.3, 0.4) is 0 Å². The van der Waals surface area contributed by atoms with E-state index in [-0.39, 0.29) is 30.6 Å². The summed E-state index contributed by atoms with van der Waals surface area (Å²) in [4.78, 5) is 58.3. The van der Waals surface area contributed by atoms with E-state index in [0.717, 1.165) is 22.4 Å². The zero-order valence-corrected chi connectivity index (χ0v) is 22.6. The van der Waals surface area contributed by atoms with Gasteiger partial charge in [0, 0.05) is 44.9 Å². The summed E-state index contributed by atoms with van der Waals surface area (Å²) in [6.07, 6.45) is 1.00. The first-order valence-electron chi connectivity index (χ1n) is 13.1. The van der Waals surface area contributed by atoms with Crippen molar-refractivity contribution in [1.29, 1.82) is 0 Å². The summed E-state index contributed by atoms with van der Waals surface area (Å²) in [5.41, 5.74) is 5.49. The van der Waals surface area contributed by atoms with Gasteiger partial charge in [-0.3, -0.25) is 19.4 Å². The summed E-state index contributed by atoms with van der Waals surface area (Å²) >= 11 is 0. The molecule has 2 aliphatic heterocycles. The monoisotopic (exact) mass is 538 g/mol. The van der Waals surface area contributed by atoms with Crippen molar-refractivity contribution in [2.75, 3.05) is 38.0 Å². The van der Waals surface area contributed by atoms with E-state index < -0.39 is 11.9 Å². The van der Waals surface area contributed by atoms with E-state index >= 15 is 0 Å². The first-order valence-corrected chi connectivity index (χ1v) is 13.1. The maximum absolute atomic E-state index is 13.3. The molecule has 9 nitrogen and oxygen atoms in total. The summed E-state index contributed by atoms with van der Waals surface area (Å²) in [5, 5.41) is 2.89. The number of methoxy groups -OCH3 is 1. The number of ether oxygens (including phenoxy) is 1. The molecule has 0 saturated carbocycles. The Morgan fingerprint density at radius 3 is 2.50 bits per heavy atom. The zero-order valence-electron chi connectivity index (χ0n) is 22.6. The Kier molecular flexibility index (Phi) is 7.46. The molecule has 9 heteroatoms. The Balaban J connectivity index is 1.47. The smallest absolute Gasteiger partial charge is 0.337 e. The predicted molar refractivity (Wildman–Crippen MR) is 152 cm³/mol. The molecule has 0 fully saturated rings. The van der Waals surface area contributed by atoms with Crippen LogP contribution < -0.4 is 10.2 Å². The van der Waals surface area contributed by atoms with E-state index in [1.807, 2.05) is 48.5 Å². The van der Waals surface area contributed by atoms with Crippen molar-refractivity contribution >= 4 is 46.5 Å². The van der Waals surface area contributed by atoms with Crippen molar-refractivity contribution in [3.63, 3.8) is 0 Å². The number of carbonyl (C=O) groups is 4. The Hall–Kier alpha value is -4.79. The van der Waals surface area contributed by atoms with Crippen LogP contribution in [-0.4, -0.2) is 62.1 Å². The molecule has 0 radical (unpaired) electrons. The number of nitrogens with zero attached hydrogens (tertiary/aromatic N) is 3. The number of esters is 1. The molecule has 3 aromatic carbocycles. The molecule has 2 heterocycles. The van der Waals surface area contributed by atoms with Gasteiger partial charge in [-0.2, -0.15) is 0 Å². The van der Waals surface area contributed by atoms with Gasteiger partial charge >= 0.3 is 5.97 Å². The maximum atomic E-state index is 13.3. The number of amides is 3. The van der Waals surface area contributed by atoms with Crippen LogP contribution >= 0.6 is 0 Å². The van der Waals surface area contributed by atoms with Gasteiger partial charge in [0.25, 0.3) is 0 Å². The number of hydrogen-bond acceptors (Lipinski definition) is 6. The van der Waals surface area contributed by atoms with E-state index in [4.69, 9.17) is 9.73 Å². The third kappa shape index (κ3) is 5.22. The van der Waals surface area contributed by atoms with Crippen LogP contribution in [0.5, 0.6) is 0 Å². The second-order valence-corrected chi connectivity index (χ2v) is 9.98. The topological polar surface area (TPSA) is 108 Å². The van der Waals surface area contributed by atoms with Gasteiger partial charge in [0.15, 0.2) is 0 Å². The Morgan fingerprint density at radius 2 is 1.77 bits per heavy atom. The second-order valence-electron chi connectivity index (χ2n) is 9.98. The number of carbonyl (C=O) groups excluding carboxylic acids is 4. The largest absolute Gasteiger partial charge is 0.465 e. The molecule has 1 atom stereocenters. The van der Waals surface area contributed by atoms with Crippen LogP contribution in [0, 0.1) is 0 Å². The van der Waals surface area contributed by atoms with Crippen LogP contribution in [0.25, 0.3) is 0 Å². The summed E-state index contributed by atoms with van der Waals surface area (Å²) in [5.74, 6) is -1.55. The number of anilines is 2. The Labute approximate surface area is 232 Å². The first kappa shape index (κ1) is 26.8. The molecule has 2 aliphatic rings. The molecular formula is C31H30N4O5. The van der Waals surface area contributed by atoms with Crippen LogP contribution in [0.15, 0.2) is 71.7 Å². The molecule has 1 unspecified atom stereocenters.